The van der Waals surface area contributed by atoms with Crippen molar-refractivity contribution in [2.75, 3.05) is 40.8 Å². The van der Waals surface area contributed by atoms with Crippen LogP contribution in [-0.4, -0.2) is 72.7 Å². The van der Waals surface area contributed by atoms with Crippen LogP contribution in [-0.2, 0) is 16.1 Å². The SMILES string of the molecule is CCCCN(C)CCN(C)C(=O)C1=Cc2cc(OC)ccc2-c2c(C3CCCCC3)c3ccc(C(=O)OC(C)(C)C)cc3n2C1. The molecule has 0 radical (unpaired) electrons. The zero-order chi connectivity index (χ0) is 32.3. The third-order valence-electron chi connectivity index (χ3n) is 9.26. The fourth-order valence-corrected chi connectivity index (χ4v) is 6.84. The first-order valence-corrected chi connectivity index (χ1v) is 16.7. The lowest BCUT2D eigenvalue weighted by Crippen LogP contribution is -2.36. The molecular formula is C38H51N3O4. The van der Waals surface area contributed by atoms with E-state index in [1.807, 2.05) is 57.0 Å². The molecule has 1 aliphatic heterocycles. The first-order valence-electron chi connectivity index (χ1n) is 16.7. The van der Waals surface area contributed by atoms with E-state index in [1.165, 1.54) is 24.8 Å². The second-order valence-corrected chi connectivity index (χ2v) is 13.9. The molecule has 7 nitrogen and oxygen atoms in total. The van der Waals surface area contributed by atoms with Gasteiger partial charge in [-0.3, -0.25) is 4.79 Å². The fourth-order valence-electron chi connectivity index (χ4n) is 6.84. The zero-order valence-corrected chi connectivity index (χ0v) is 28.4. The molecule has 2 heterocycles. The smallest absolute Gasteiger partial charge is 0.338 e. The van der Waals surface area contributed by atoms with Crippen LogP contribution in [0, 0.1) is 0 Å². The van der Waals surface area contributed by atoms with Gasteiger partial charge in [-0.15, -0.1) is 0 Å². The highest BCUT2D eigenvalue weighted by molar-refractivity contribution is 6.03. The van der Waals surface area contributed by atoms with Gasteiger partial charge in [-0.05, 0) is 107 Å². The number of amides is 1. The van der Waals surface area contributed by atoms with Crippen molar-refractivity contribution in [2.45, 2.75) is 90.7 Å². The van der Waals surface area contributed by atoms with Crippen LogP contribution in [0.25, 0.3) is 28.2 Å². The molecule has 2 aromatic carbocycles. The fraction of sp³-hybridized carbons (Fsp3) is 0.526. The molecule has 5 rings (SSSR count). The van der Waals surface area contributed by atoms with Gasteiger partial charge in [0.05, 0.1) is 24.9 Å². The molecule has 0 bridgehead atoms. The molecule has 45 heavy (non-hydrogen) atoms. The van der Waals surface area contributed by atoms with Gasteiger partial charge in [-0.25, -0.2) is 4.79 Å². The van der Waals surface area contributed by atoms with E-state index in [9.17, 15) is 9.59 Å². The second kappa shape index (κ2) is 13.8. The van der Waals surface area contributed by atoms with Crippen molar-refractivity contribution in [1.29, 1.82) is 0 Å². The van der Waals surface area contributed by atoms with Gasteiger partial charge in [0.2, 0.25) is 0 Å². The number of carbonyl (C=O) groups excluding carboxylic acids is 2. The number of fused-ring (bicyclic) bond motifs is 5. The minimum Gasteiger partial charge on any atom is -0.497 e. The summed E-state index contributed by atoms with van der Waals surface area (Å²) in [6.45, 7) is 10.8. The van der Waals surface area contributed by atoms with E-state index in [1.54, 1.807) is 7.11 Å². The minimum atomic E-state index is -0.592. The second-order valence-electron chi connectivity index (χ2n) is 13.9. The van der Waals surface area contributed by atoms with E-state index in [4.69, 9.17) is 9.47 Å². The lowest BCUT2D eigenvalue weighted by molar-refractivity contribution is -0.126. The van der Waals surface area contributed by atoms with Crippen molar-refractivity contribution in [3.63, 3.8) is 0 Å². The number of esters is 1. The number of methoxy groups -OCH3 is 1. The van der Waals surface area contributed by atoms with Crippen LogP contribution >= 0.6 is 0 Å². The molecule has 0 spiro atoms. The zero-order valence-electron chi connectivity index (χ0n) is 28.4. The number of carbonyl (C=O) groups is 2. The largest absolute Gasteiger partial charge is 0.497 e. The highest BCUT2D eigenvalue weighted by Crippen LogP contribution is 2.47. The third kappa shape index (κ3) is 7.30. The summed E-state index contributed by atoms with van der Waals surface area (Å²) in [4.78, 5) is 31.5. The summed E-state index contributed by atoms with van der Waals surface area (Å²) in [7, 11) is 5.70. The van der Waals surface area contributed by atoms with Crippen molar-refractivity contribution < 1.29 is 19.1 Å². The van der Waals surface area contributed by atoms with Gasteiger partial charge >= 0.3 is 5.97 Å². The number of likely N-dealkylation sites (N-methyl/N-ethyl adjacent to an activating group) is 2. The lowest BCUT2D eigenvalue weighted by atomic mass is 9.81. The number of aromatic nitrogens is 1. The minimum absolute atomic E-state index is 0.0184. The Labute approximate surface area is 269 Å². The summed E-state index contributed by atoms with van der Waals surface area (Å²) in [5.74, 6) is 0.860. The van der Waals surface area contributed by atoms with Crippen molar-refractivity contribution in [2.24, 2.45) is 0 Å². The molecule has 1 fully saturated rings. The molecule has 1 aromatic heterocycles. The Morgan fingerprint density at radius 1 is 0.978 bits per heavy atom. The Bertz CT molecular complexity index is 1570. The van der Waals surface area contributed by atoms with Crippen LogP contribution in [0.5, 0.6) is 5.75 Å². The van der Waals surface area contributed by atoms with Crippen molar-refractivity contribution in [1.82, 2.24) is 14.4 Å². The summed E-state index contributed by atoms with van der Waals surface area (Å²) < 4.78 is 13.7. The summed E-state index contributed by atoms with van der Waals surface area (Å²) in [5.41, 5.74) is 6.18. The molecule has 7 heteroatoms. The Balaban J connectivity index is 1.64. The van der Waals surface area contributed by atoms with Crippen LogP contribution < -0.4 is 4.74 Å². The highest BCUT2D eigenvalue weighted by atomic mass is 16.6. The first kappa shape index (κ1) is 32.8. The predicted molar refractivity (Wildman–Crippen MR) is 183 cm³/mol. The molecule has 2 aliphatic rings. The molecule has 1 amide bonds. The molecule has 3 aromatic rings. The highest BCUT2D eigenvalue weighted by Gasteiger charge is 2.31. The molecule has 0 atom stereocenters. The molecule has 0 unspecified atom stereocenters. The number of ether oxygens (including phenoxy) is 2. The molecular weight excluding hydrogens is 562 g/mol. The van der Waals surface area contributed by atoms with Gasteiger partial charge in [-0.2, -0.15) is 0 Å². The van der Waals surface area contributed by atoms with Gasteiger partial charge in [0.25, 0.3) is 5.91 Å². The van der Waals surface area contributed by atoms with E-state index < -0.39 is 5.60 Å². The van der Waals surface area contributed by atoms with Gasteiger partial charge in [0.15, 0.2) is 0 Å². The van der Waals surface area contributed by atoms with Gasteiger partial charge in [0.1, 0.15) is 11.4 Å². The Morgan fingerprint density at radius 2 is 1.73 bits per heavy atom. The summed E-state index contributed by atoms with van der Waals surface area (Å²) in [6, 6.07) is 12.2. The van der Waals surface area contributed by atoms with Gasteiger partial charge in [-0.1, -0.05) is 38.7 Å². The number of unbranched alkanes of at least 4 members (excludes halogenated alkanes) is 1. The van der Waals surface area contributed by atoms with Crippen LogP contribution in [0.3, 0.4) is 0 Å². The quantitative estimate of drug-likeness (QED) is 0.218. The number of hydrogen-bond donors (Lipinski definition) is 0. The number of hydrogen-bond acceptors (Lipinski definition) is 5. The summed E-state index contributed by atoms with van der Waals surface area (Å²) in [5, 5.41) is 1.16. The van der Waals surface area contributed by atoms with Crippen molar-refractivity contribution in [3.8, 4) is 17.0 Å². The molecule has 242 valence electrons. The van der Waals surface area contributed by atoms with E-state index in [0.717, 1.165) is 77.8 Å². The third-order valence-corrected chi connectivity index (χ3v) is 9.26. The summed E-state index contributed by atoms with van der Waals surface area (Å²) >= 11 is 0. The maximum atomic E-state index is 14.1. The normalized spacial score (nSPS) is 15.3. The average molecular weight is 614 g/mol. The number of nitrogens with zero attached hydrogens (tertiary/aromatic N) is 3. The standard InChI is InChI=1S/C38H51N3O4/c1-8-9-19-39(5)20-21-40(6)36(42)29-22-28-23-30(44-7)16-18-31(28)35-34(26-13-11-10-12-14-26)32-17-15-27(24-33(32)41(35)25-29)37(43)45-38(2,3)4/h15-18,22-24,26H,8-14,19-21,25H2,1-7H3. The molecule has 0 saturated heterocycles. The van der Waals surface area contributed by atoms with Crippen LogP contribution in [0.4, 0.5) is 0 Å². The molecule has 0 N–H and O–H groups in total. The van der Waals surface area contributed by atoms with Crippen molar-refractivity contribution in [3.05, 3.63) is 58.7 Å². The van der Waals surface area contributed by atoms with Crippen LogP contribution in [0.2, 0.25) is 0 Å². The molecule has 1 aliphatic carbocycles. The Kier molecular flexibility index (Phi) is 10.1. The van der Waals surface area contributed by atoms with Crippen LogP contribution in [0.15, 0.2) is 42.0 Å². The maximum absolute atomic E-state index is 14.1. The first-order chi connectivity index (χ1) is 21.5. The van der Waals surface area contributed by atoms with Crippen molar-refractivity contribution >= 4 is 28.9 Å². The molecule has 1 saturated carbocycles. The Hall–Kier alpha value is -3.58. The average Bonchev–Trinajstić information content (AvgIpc) is 3.23. The van der Waals surface area contributed by atoms with E-state index in [0.29, 0.717) is 24.6 Å². The van der Waals surface area contributed by atoms with Crippen LogP contribution in [0.1, 0.15) is 100 Å². The van der Waals surface area contributed by atoms with Gasteiger partial charge in [0, 0.05) is 42.2 Å². The lowest BCUT2D eigenvalue weighted by Gasteiger charge is -2.24. The maximum Gasteiger partial charge on any atom is 0.338 e. The van der Waals surface area contributed by atoms with E-state index >= 15 is 0 Å². The summed E-state index contributed by atoms with van der Waals surface area (Å²) in [6.07, 6.45) is 10.3. The number of rotatable bonds is 10. The van der Waals surface area contributed by atoms with E-state index in [2.05, 4.69) is 41.6 Å². The monoisotopic (exact) mass is 613 g/mol. The number of benzene rings is 2. The predicted octanol–water partition coefficient (Wildman–Crippen LogP) is 7.91. The van der Waals surface area contributed by atoms with E-state index in [-0.39, 0.29) is 11.9 Å². The Morgan fingerprint density at radius 3 is 2.42 bits per heavy atom. The van der Waals surface area contributed by atoms with Gasteiger partial charge < -0.3 is 23.8 Å². The topological polar surface area (TPSA) is 64.0 Å².